The number of fused-ring (bicyclic) bond motifs is 1. The van der Waals surface area contributed by atoms with E-state index in [1.807, 2.05) is 23.6 Å². The van der Waals surface area contributed by atoms with Gasteiger partial charge in [0.05, 0.1) is 16.3 Å². The van der Waals surface area contributed by atoms with Crippen LogP contribution in [-0.4, -0.2) is 27.8 Å². The molecule has 1 aromatic heterocycles. The third kappa shape index (κ3) is 5.34. The summed E-state index contributed by atoms with van der Waals surface area (Å²) in [4.78, 5) is 28.2. The van der Waals surface area contributed by atoms with Gasteiger partial charge in [0.25, 0.3) is 11.6 Å². The highest BCUT2D eigenvalue weighted by molar-refractivity contribution is 7.07. The molecule has 5 rings (SSSR count). The number of hydrogen-bond donors (Lipinski definition) is 1. The Hall–Kier alpha value is -3.79. The van der Waals surface area contributed by atoms with Crippen LogP contribution in [0, 0.1) is 21.4 Å². The van der Waals surface area contributed by atoms with E-state index in [4.69, 9.17) is 9.84 Å². The van der Waals surface area contributed by atoms with Gasteiger partial charge in [0.15, 0.2) is 6.61 Å². The van der Waals surface area contributed by atoms with E-state index in [1.54, 1.807) is 22.9 Å². The molecule has 9 nitrogen and oxygen atoms in total. The quantitative estimate of drug-likeness (QED) is 0.330. The maximum absolute atomic E-state index is 11.9. The third-order valence-electron chi connectivity index (χ3n) is 6.92. The lowest BCUT2D eigenvalue weighted by molar-refractivity contribution is -0.384. The van der Waals surface area contributed by atoms with Crippen LogP contribution in [0.3, 0.4) is 0 Å². The SMILES string of the molecule is CC(C)(C)C1CCC(=Nn2c(-c3ccc4c(c3)NC(=O)CO4)csc2=Nc2ccccc2[N+](=O)[O-])CC1. The Bertz CT molecular complexity index is 1450. The molecule has 1 N–H and O–H groups in total. The number of anilines is 1. The van der Waals surface area contributed by atoms with Crippen molar-refractivity contribution in [2.24, 2.45) is 21.4 Å². The molecule has 192 valence electrons. The Morgan fingerprint density at radius 1 is 1.16 bits per heavy atom. The molecule has 0 unspecified atom stereocenters. The number of nitrogens with zero attached hydrogens (tertiary/aromatic N) is 4. The van der Waals surface area contributed by atoms with Crippen LogP contribution in [0.1, 0.15) is 46.5 Å². The van der Waals surface area contributed by atoms with Crippen LogP contribution in [0.2, 0.25) is 0 Å². The average molecular weight is 520 g/mol. The van der Waals surface area contributed by atoms with E-state index >= 15 is 0 Å². The normalized spacial score (nSPS) is 18.1. The number of para-hydroxylation sites is 2. The van der Waals surface area contributed by atoms with E-state index in [1.165, 1.54) is 17.4 Å². The van der Waals surface area contributed by atoms with Crippen LogP contribution in [-0.2, 0) is 4.79 Å². The number of thiazole rings is 1. The smallest absolute Gasteiger partial charge is 0.294 e. The van der Waals surface area contributed by atoms with Crippen molar-refractivity contribution >= 4 is 40.0 Å². The molecule has 0 radical (unpaired) electrons. The minimum Gasteiger partial charge on any atom is -0.482 e. The maximum Gasteiger partial charge on any atom is 0.294 e. The molecule has 1 fully saturated rings. The fourth-order valence-corrected chi connectivity index (χ4v) is 5.63. The van der Waals surface area contributed by atoms with E-state index < -0.39 is 4.92 Å². The highest BCUT2D eigenvalue weighted by Gasteiger charge is 2.28. The number of carbonyl (C=O) groups is 1. The molecule has 2 heterocycles. The zero-order valence-corrected chi connectivity index (χ0v) is 21.9. The predicted octanol–water partition coefficient (Wildman–Crippen LogP) is 6.13. The molecule has 0 atom stereocenters. The molecule has 1 amide bonds. The van der Waals surface area contributed by atoms with Crippen molar-refractivity contribution in [3.63, 3.8) is 0 Å². The summed E-state index contributed by atoms with van der Waals surface area (Å²) in [5, 5.41) is 21.4. The van der Waals surface area contributed by atoms with Crippen LogP contribution in [0.25, 0.3) is 11.3 Å². The topological polar surface area (TPSA) is 111 Å². The summed E-state index contributed by atoms with van der Waals surface area (Å²) in [6.45, 7) is 6.85. The fraction of sp³-hybridized carbons (Fsp3) is 0.370. The zero-order valence-electron chi connectivity index (χ0n) is 21.1. The number of benzene rings is 2. The number of carbonyl (C=O) groups excluding carboxylic acids is 1. The monoisotopic (exact) mass is 519 g/mol. The van der Waals surface area contributed by atoms with Crippen LogP contribution < -0.4 is 14.9 Å². The van der Waals surface area contributed by atoms with Crippen LogP contribution in [0.15, 0.2) is 57.9 Å². The molecule has 1 aliphatic carbocycles. The van der Waals surface area contributed by atoms with Crippen LogP contribution >= 0.6 is 11.3 Å². The van der Waals surface area contributed by atoms with E-state index in [0.717, 1.165) is 42.7 Å². The van der Waals surface area contributed by atoms with Gasteiger partial charge >= 0.3 is 0 Å². The Balaban J connectivity index is 1.60. The van der Waals surface area contributed by atoms with Gasteiger partial charge in [0.1, 0.15) is 11.4 Å². The first-order chi connectivity index (χ1) is 17.7. The van der Waals surface area contributed by atoms with Gasteiger partial charge < -0.3 is 10.1 Å². The Labute approximate surface area is 218 Å². The second-order valence-electron chi connectivity index (χ2n) is 10.4. The summed E-state index contributed by atoms with van der Waals surface area (Å²) in [6, 6.07) is 12.0. The number of ether oxygens (including phenoxy) is 1. The number of hydrogen-bond acceptors (Lipinski definition) is 7. The lowest BCUT2D eigenvalue weighted by atomic mass is 9.72. The largest absolute Gasteiger partial charge is 0.482 e. The molecule has 0 bridgehead atoms. The van der Waals surface area contributed by atoms with E-state index in [9.17, 15) is 14.9 Å². The number of aromatic nitrogens is 1. The molecule has 1 saturated carbocycles. The van der Waals surface area contributed by atoms with E-state index in [0.29, 0.717) is 22.2 Å². The number of nitrogens with one attached hydrogen (secondary N) is 1. The molecule has 2 aliphatic rings. The highest BCUT2D eigenvalue weighted by Crippen LogP contribution is 2.37. The number of nitro groups is 1. The van der Waals surface area contributed by atoms with Crippen molar-refractivity contribution in [1.29, 1.82) is 0 Å². The Morgan fingerprint density at radius 3 is 2.65 bits per heavy atom. The maximum atomic E-state index is 11.9. The summed E-state index contributed by atoms with van der Waals surface area (Å²) in [7, 11) is 0. The number of nitro benzene ring substituents is 1. The summed E-state index contributed by atoms with van der Waals surface area (Å²) in [6.07, 6.45) is 3.93. The van der Waals surface area contributed by atoms with Gasteiger partial charge in [-0.1, -0.05) is 32.9 Å². The van der Waals surface area contributed by atoms with Crippen molar-refractivity contribution in [3.8, 4) is 17.0 Å². The molecule has 10 heteroatoms. The average Bonchev–Trinajstić information content (AvgIpc) is 3.25. The predicted molar refractivity (Wildman–Crippen MR) is 144 cm³/mol. The lowest BCUT2D eigenvalue weighted by Gasteiger charge is -2.34. The van der Waals surface area contributed by atoms with E-state index in [2.05, 4.69) is 31.1 Å². The first-order valence-electron chi connectivity index (χ1n) is 12.3. The lowest BCUT2D eigenvalue weighted by Crippen LogP contribution is -2.27. The van der Waals surface area contributed by atoms with Crippen molar-refractivity contribution in [1.82, 2.24) is 4.68 Å². The minimum absolute atomic E-state index is 0.00705. The van der Waals surface area contributed by atoms with Crippen LogP contribution in [0.4, 0.5) is 17.1 Å². The zero-order chi connectivity index (χ0) is 26.2. The third-order valence-corrected chi connectivity index (χ3v) is 7.73. The summed E-state index contributed by atoms with van der Waals surface area (Å²) < 4.78 is 7.29. The molecule has 0 spiro atoms. The standard InChI is InChI=1S/C27H29N5O4S/c1-27(2,3)18-9-11-19(12-10-18)30-31-23(17-8-13-24-21(14-17)28-25(33)15-36-24)16-37-26(31)29-20-6-4-5-7-22(20)32(34)35/h4-8,13-14,16,18H,9-12,15H2,1-3H3,(H,28,33). The molecular weight excluding hydrogens is 490 g/mol. The summed E-state index contributed by atoms with van der Waals surface area (Å²) >= 11 is 1.37. The van der Waals surface area contributed by atoms with Gasteiger partial charge in [-0.25, -0.2) is 9.67 Å². The summed E-state index contributed by atoms with van der Waals surface area (Å²) in [5.41, 5.74) is 3.77. The van der Waals surface area contributed by atoms with Gasteiger partial charge in [0, 0.05) is 22.7 Å². The summed E-state index contributed by atoms with van der Waals surface area (Å²) in [5.74, 6) is 1.05. The fourth-order valence-electron chi connectivity index (χ4n) is 4.79. The molecule has 2 aromatic carbocycles. The Morgan fingerprint density at radius 2 is 1.92 bits per heavy atom. The number of rotatable bonds is 4. The molecule has 0 saturated heterocycles. The van der Waals surface area contributed by atoms with Crippen molar-refractivity contribution < 1.29 is 14.5 Å². The molecule has 3 aromatic rings. The highest BCUT2D eigenvalue weighted by atomic mass is 32.1. The van der Waals surface area contributed by atoms with Crippen molar-refractivity contribution in [2.75, 3.05) is 11.9 Å². The van der Waals surface area contributed by atoms with Crippen LogP contribution in [0.5, 0.6) is 5.75 Å². The molecular formula is C27H29N5O4S. The van der Waals surface area contributed by atoms with Gasteiger partial charge in [-0.05, 0) is 61.3 Å². The first kappa shape index (κ1) is 24.9. The van der Waals surface area contributed by atoms with E-state index in [-0.39, 0.29) is 29.3 Å². The molecule has 37 heavy (non-hydrogen) atoms. The minimum atomic E-state index is -0.427. The molecule has 1 aliphatic heterocycles. The van der Waals surface area contributed by atoms with Crippen molar-refractivity contribution in [3.05, 3.63) is 62.8 Å². The van der Waals surface area contributed by atoms with Gasteiger partial charge in [-0.3, -0.25) is 14.9 Å². The Kier molecular flexibility index (Phi) is 6.68. The first-order valence-corrected chi connectivity index (χ1v) is 13.2. The van der Waals surface area contributed by atoms with Crippen molar-refractivity contribution in [2.45, 2.75) is 46.5 Å². The number of amides is 1. The van der Waals surface area contributed by atoms with Gasteiger partial charge in [-0.2, -0.15) is 5.10 Å². The van der Waals surface area contributed by atoms with Gasteiger partial charge in [-0.15, -0.1) is 11.3 Å². The second-order valence-corrected chi connectivity index (χ2v) is 11.3. The second kappa shape index (κ2) is 9.93. The van der Waals surface area contributed by atoms with Gasteiger partial charge in [0.2, 0.25) is 4.80 Å².